The van der Waals surface area contributed by atoms with Gasteiger partial charge in [0.15, 0.2) is 0 Å². The summed E-state index contributed by atoms with van der Waals surface area (Å²) in [6.45, 7) is 0.220. The molecule has 2 fully saturated rings. The second kappa shape index (κ2) is 2.64. The van der Waals surface area contributed by atoms with Gasteiger partial charge in [-0.3, -0.25) is 10.1 Å². The van der Waals surface area contributed by atoms with Crippen LogP contribution in [0, 0.1) is 0 Å². The molecule has 1 spiro atoms. The molecular formula is C8H12F2N2O. The number of carbonyl (C=O) groups excluding carboxylic acids is 1. The van der Waals surface area contributed by atoms with E-state index in [-0.39, 0.29) is 25.3 Å². The molecule has 2 rings (SSSR count). The normalized spacial score (nSPS) is 37.8. The van der Waals surface area contributed by atoms with Crippen LogP contribution in [-0.4, -0.2) is 30.5 Å². The van der Waals surface area contributed by atoms with Crippen LogP contribution in [0.3, 0.4) is 0 Å². The van der Waals surface area contributed by atoms with Crippen molar-refractivity contribution in [2.24, 2.45) is 0 Å². The summed E-state index contributed by atoms with van der Waals surface area (Å²) < 4.78 is 25.5. The SMILES string of the molecule is O=C1NCCC12CCC(F)(F)CN2. The van der Waals surface area contributed by atoms with Crippen molar-refractivity contribution < 1.29 is 13.6 Å². The molecule has 0 saturated carbocycles. The van der Waals surface area contributed by atoms with Crippen molar-refractivity contribution in [3.63, 3.8) is 0 Å². The number of piperidine rings is 1. The van der Waals surface area contributed by atoms with E-state index in [4.69, 9.17) is 0 Å². The minimum Gasteiger partial charge on any atom is -0.354 e. The summed E-state index contributed by atoms with van der Waals surface area (Å²) in [6.07, 6.45) is 0.682. The molecule has 3 nitrogen and oxygen atoms in total. The molecule has 1 atom stereocenters. The number of amides is 1. The van der Waals surface area contributed by atoms with Gasteiger partial charge < -0.3 is 5.32 Å². The van der Waals surface area contributed by atoms with Crippen LogP contribution in [0.2, 0.25) is 0 Å². The first-order valence-electron chi connectivity index (χ1n) is 4.45. The summed E-state index contributed by atoms with van der Waals surface area (Å²) in [5, 5.41) is 5.33. The predicted molar refractivity (Wildman–Crippen MR) is 42.5 cm³/mol. The maximum atomic E-state index is 12.8. The van der Waals surface area contributed by atoms with Gasteiger partial charge in [-0.1, -0.05) is 0 Å². The highest BCUT2D eigenvalue weighted by Crippen LogP contribution is 2.33. The molecule has 5 heteroatoms. The highest BCUT2D eigenvalue weighted by molar-refractivity contribution is 5.88. The van der Waals surface area contributed by atoms with E-state index in [9.17, 15) is 13.6 Å². The lowest BCUT2D eigenvalue weighted by Gasteiger charge is -2.35. The van der Waals surface area contributed by atoms with Crippen LogP contribution < -0.4 is 10.6 Å². The average molecular weight is 190 g/mol. The highest BCUT2D eigenvalue weighted by Gasteiger charge is 2.49. The van der Waals surface area contributed by atoms with Crippen molar-refractivity contribution in [1.29, 1.82) is 0 Å². The Hall–Kier alpha value is -0.710. The van der Waals surface area contributed by atoms with Gasteiger partial charge in [-0.15, -0.1) is 0 Å². The first-order valence-corrected chi connectivity index (χ1v) is 4.45. The predicted octanol–water partition coefficient (Wildman–Crippen LogP) is 0.264. The summed E-state index contributed by atoms with van der Waals surface area (Å²) in [7, 11) is 0. The van der Waals surface area contributed by atoms with E-state index in [0.29, 0.717) is 13.0 Å². The van der Waals surface area contributed by atoms with E-state index in [1.54, 1.807) is 0 Å². The van der Waals surface area contributed by atoms with E-state index >= 15 is 0 Å². The average Bonchev–Trinajstić information content (AvgIpc) is 2.41. The van der Waals surface area contributed by atoms with Gasteiger partial charge >= 0.3 is 0 Å². The van der Waals surface area contributed by atoms with Crippen LogP contribution in [-0.2, 0) is 4.79 Å². The maximum Gasteiger partial charge on any atom is 0.260 e. The van der Waals surface area contributed by atoms with Crippen LogP contribution in [0.1, 0.15) is 19.3 Å². The van der Waals surface area contributed by atoms with E-state index in [1.807, 2.05) is 0 Å². The largest absolute Gasteiger partial charge is 0.354 e. The van der Waals surface area contributed by atoms with Crippen LogP contribution in [0.4, 0.5) is 8.78 Å². The van der Waals surface area contributed by atoms with E-state index < -0.39 is 11.5 Å². The number of alkyl halides is 2. The molecule has 2 heterocycles. The molecule has 74 valence electrons. The zero-order valence-corrected chi connectivity index (χ0v) is 7.20. The van der Waals surface area contributed by atoms with E-state index in [2.05, 4.69) is 10.6 Å². The van der Waals surface area contributed by atoms with Gasteiger partial charge in [-0.25, -0.2) is 8.78 Å². The molecule has 0 radical (unpaired) electrons. The Kier molecular flexibility index (Phi) is 1.80. The third kappa shape index (κ3) is 1.41. The Morgan fingerprint density at radius 1 is 1.23 bits per heavy atom. The lowest BCUT2D eigenvalue weighted by Crippen LogP contribution is -2.58. The Labute approximate surface area is 74.9 Å². The van der Waals surface area contributed by atoms with Gasteiger partial charge in [0, 0.05) is 13.0 Å². The first kappa shape index (κ1) is 8.87. The van der Waals surface area contributed by atoms with E-state index in [1.165, 1.54) is 0 Å². The van der Waals surface area contributed by atoms with Gasteiger partial charge in [0.2, 0.25) is 5.91 Å². The fourth-order valence-corrected chi connectivity index (χ4v) is 1.95. The summed E-state index contributed by atoms with van der Waals surface area (Å²) in [5.41, 5.74) is -0.693. The minimum absolute atomic E-state index is 0.122. The van der Waals surface area contributed by atoms with Crippen molar-refractivity contribution in [3.05, 3.63) is 0 Å². The Balaban J connectivity index is 2.08. The summed E-state index contributed by atoms with van der Waals surface area (Å²) in [6, 6.07) is 0. The third-order valence-corrected chi connectivity index (χ3v) is 2.87. The number of hydrogen-bond acceptors (Lipinski definition) is 2. The van der Waals surface area contributed by atoms with Gasteiger partial charge in [0.05, 0.1) is 12.1 Å². The number of halogens is 2. The first-order chi connectivity index (χ1) is 6.04. The molecule has 2 saturated heterocycles. The molecule has 0 aromatic rings. The second-order valence-corrected chi connectivity index (χ2v) is 3.80. The van der Waals surface area contributed by atoms with Gasteiger partial charge in [-0.05, 0) is 12.8 Å². The molecule has 0 aromatic carbocycles. The zero-order chi connectivity index (χ0) is 9.53. The topological polar surface area (TPSA) is 41.1 Å². The fourth-order valence-electron chi connectivity index (χ4n) is 1.95. The molecule has 2 aliphatic heterocycles. The molecule has 1 amide bonds. The molecule has 0 aliphatic carbocycles. The standard InChI is InChI=1S/C8H12F2N2O/c9-8(10)2-1-7(12-5-8)3-4-11-6(7)13/h12H,1-5H2,(H,11,13). The van der Waals surface area contributed by atoms with Crippen molar-refractivity contribution in [2.45, 2.75) is 30.7 Å². The molecular weight excluding hydrogens is 178 g/mol. The second-order valence-electron chi connectivity index (χ2n) is 3.80. The molecule has 13 heavy (non-hydrogen) atoms. The molecule has 1 unspecified atom stereocenters. The van der Waals surface area contributed by atoms with Crippen molar-refractivity contribution in [3.8, 4) is 0 Å². The van der Waals surface area contributed by atoms with Crippen molar-refractivity contribution in [1.82, 2.24) is 10.6 Å². The number of hydrogen-bond donors (Lipinski definition) is 2. The maximum absolute atomic E-state index is 12.8. The van der Waals surface area contributed by atoms with Gasteiger partial charge in [-0.2, -0.15) is 0 Å². The summed E-state index contributed by atoms with van der Waals surface area (Å²) in [4.78, 5) is 11.3. The quantitative estimate of drug-likeness (QED) is 0.575. The number of nitrogens with one attached hydrogen (secondary N) is 2. The number of carbonyl (C=O) groups is 1. The van der Waals surface area contributed by atoms with Crippen LogP contribution in [0.25, 0.3) is 0 Å². The highest BCUT2D eigenvalue weighted by atomic mass is 19.3. The molecule has 2 aliphatic rings. The smallest absolute Gasteiger partial charge is 0.260 e. The Morgan fingerprint density at radius 3 is 2.46 bits per heavy atom. The van der Waals surface area contributed by atoms with Crippen LogP contribution >= 0.6 is 0 Å². The fraction of sp³-hybridized carbons (Fsp3) is 0.875. The Bertz CT molecular complexity index is 232. The number of rotatable bonds is 0. The summed E-state index contributed by atoms with van der Waals surface area (Å²) in [5.74, 6) is -2.77. The lowest BCUT2D eigenvalue weighted by atomic mass is 9.86. The van der Waals surface area contributed by atoms with Gasteiger partial charge in [0.1, 0.15) is 0 Å². The summed E-state index contributed by atoms with van der Waals surface area (Å²) >= 11 is 0. The molecule has 2 N–H and O–H groups in total. The third-order valence-electron chi connectivity index (χ3n) is 2.87. The van der Waals surface area contributed by atoms with Crippen LogP contribution in [0.15, 0.2) is 0 Å². The Morgan fingerprint density at radius 2 is 2.00 bits per heavy atom. The van der Waals surface area contributed by atoms with E-state index in [0.717, 1.165) is 0 Å². The van der Waals surface area contributed by atoms with Gasteiger partial charge in [0.25, 0.3) is 5.92 Å². The monoisotopic (exact) mass is 190 g/mol. The molecule has 0 aromatic heterocycles. The van der Waals surface area contributed by atoms with Crippen LogP contribution in [0.5, 0.6) is 0 Å². The minimum atomic E-state index is -2.64. The van der Waals surface area contributed by atoms with Crippen molar-refractivity contribution >= 4 is 5.91 Å². The lowest BCUT2D eigenvalue weighted by molar-refractivity contribution is -0.129. The van der Waals surface area contributed by atoms with Crippen molar-refractivity contribution in [2.75, 3.05) is 13.1 Å². The zero-order valence-electron chi connectivity index (χ0n) is 7.20. The molecule has 0 bridgehead atoms.